The van der Waals surface area contributed by atoms with Gasteiger partial charge in [0, 0.05) is 33.6 Å². The summed E-state index contributed by atoms with van der Waals surface area (Å²) in [4.78, 5) is 37.4. The van der Waals surface area contributed by atoms with E-state index >= 15 is 0 Å². The van der Waals surface area contributed by atoms with Crippen molar-refractivity contribution in [2.75, 3.05) is 13.2 Å². The second-order valence-electron chi connectivity index (χ2n) is 10.4. The standard InChI is InChI=1S/C37H34O7S/c1-27(26-35(39)44-33-10-3-2-4-11-33)36(40)43-25-7-24-42-32-20-14-29(15-21-32)9-6-5-8-28-12-16-30(17-13-28)37(41)45-34-22-18-31(38)19-23-34/h12-23,33,38H,1-4,7,10-11,24-26H2. The molecule has 0 unspecified atom stereocenters. The largest absolute Gasteiger partial charge is 0.508 e. The Balaban J connectivity index is 1.12. The molecular formula is C37H34O7S. The maximum absolute atomic E-state index is 12.5. The smallest absolute Gasteiger partial charge is 0.333 e. The van der Waals surface area contributed by atoms with Gasteiger partial charge in [-0.2, -0.15) is 0 Å². The maximum atomic E-state index is 12.5. The molecule has 3 aromatic carbocycles. The summed E-state index contributed by atoms with van der Waals surface area (Å²) in [6, 6.07) is 20.7. The molecule has 0 spiro atoms. The summed E-state index contributed by atoms with van der Waals surface area (Å²) in [6.07, 6.45) is 5.30. The minimum atomic E-state index is -0.602. The van der Waals surface area contributed by atoms with Crippen molar-refractivity contribution in [3.05, 3.63) is 102 Å². The van der Waals surface area contributed by atoms with E-state index in [1.165, 1.54) is 6.42 Å². The topological polar surface area (TPSA) is 99.1 Å². The van der Waals surface area contributed by atoms with E-state index in [4.69, 9.17) is 14.2 Å². The van der Waals surface area contributed by atoms with Gasteiger partial charge in [0.15, 0.2) is 0 Å². The summed E-state index contributed by atoms with van der Waals surface area (Å²) in [5.41, 5.74) is 2.16. The van der Waals surface area contributed by atoms with Gasteiger partial charge >= 0.3 is 11.9 Å². The van der Waals surface area contributed by atoms with E-state index in [1.54, 1.807) is 60.7 Å². The summed E-state index contributed by atoms with van der Waals surface area (Å²) in [6.45, 7) is 4.16. The zero-order valence-corrected chi connectivity index (χ0v) is 25.7. The van der Waals surface area contributed by atoms with Gasteiger partial charge in [-0.3, -0.25) is 9.59 Å². The summed E-state index contributed by atoms with van der Waals surface area (Å²) in [5.74, 6) is 11.4. The number of phenolic OH excluding ortho intramolecular Hbond substituents is 1. The number of rotatable bonds is 11. The van der Waals surface area contributed by atoms with Gasteiger partial charge in [0.2, 0.25) is 5.12 Å². The van der Waals surface area contributed by atoms with E-state index in [2.05, 4.69) is 30.3 Å². The predicted molar refractivity (Wildman–Crippen MR) is 173 cm³/mol. The average Bonchev–Trinajstić information content (AvgIpc) is 3.05. The van der Waals surface area contributed by atoms with Crippen molar-refractivity contribution in [1.82, 2.24) is 0 Å². The highest BCUT2D eigenvalue weighted by Gasteiger charge is 2.20. The number of hydrogen-bond donors (Lipinski definition) is 1. The third-order valence-electron chi connectivity index (χ3n) is 6.79. The fourth-order valence-corrected chi connectivity index (χ4v) is 5.12. The van der Waals surface area contributed by atoms with Gasteiger partial charge in [-0.1, -0.05) is 24.8 Å². The Morgan fingerprint density at radius 2 is 1.44 bits per heavy atom. The lowest BCUT2D eigenvalue weighted by molar-refractivity contribution is -0.151. The number of carbonyl (C=O) groups excluding carboxylic acids is 3. The van der Waals surface area contributed by atoms with E-state index in [1.807, 2.05) is 12.1 Å². The molecule has 3 aromatic rings. The molecule has 0 bridgehead atoms. The van der Waals surface area contributed by atoms with Crippen molar-refractivity contribution in [2.24, 2.45) is 0 Å². The number of carbonyl (C=O) groups is 3. The fraction of sp³-hybridized carbons (Fsp3) is 0.270. The van der Waals surface area contributed by atoms with E-state index in [-0.39, 0.29) is 35.6 Å². The van der Waals surface area contributed by atoms with E-state index in [9.17, 15) is 19.5 Å². The monoisotopic (exact) mass is 622 g/mol. The van der Waals surface area contributed by atoms with Crippen LogP contribution in [-0.2, 0) is 19.1 Å². The number of ether oxygens (including phenoxy) is 3. The van der Waals surface area contributed by atoms with Crippen LogP contribution in [0.2, 0.25) is 0 Å². The molecule has 8 heteroatoms. The van der Waals surface area contributed by atoms with Crippen LogP contribution in [0.25, 0.3) is 0 Å². The van der Waals surface area contributed by atoms with Crippen LogP contribution in [0.3, 0.4) is 0 Å². The Morgan fingerprint density at radius 3 is 2.09 bits per heavy atom. The molecule has 1 saturated carbocycles. The molecule has 0 atom stereocenters. The Morgan fingerprint density at radius 1 is 0.822 bits per heavy atom. The highest BCUT2D eigenvalue weighted by atomic mass is 32.2. The van der Waals surface area contributed by atoms with Crippen LogP contribution in [0, 0.1) is 23.7 Å². The minimum Gasteiger partial charge on any atom is -0.508 e. The SMILES string of the molecule is C=C(CC(=O)OC1CCCCC1)C(=O)OCCCOc1ccc(C#CC#Cc2ccc(C(=O)Sc3ccc(O)cc3)cc2)cc1. The van der Waals surface area contributed by atoms with Gasteiger partial charge < -0.3 is 19.3 Å². The number of phenols is 1. The van der Waals surface area contributed by atoms with Crippen molar-refractivity contribution in [1.29, 1.82) is 0 Å². The molecule has 1 N–H and O–H groups in total. The van der Waals surface area contributed by atoms with Gasteiger partial charge in [0.05, 0.1) is 19.6 Å². The summed E-state index contributed by atoms with van der Waals surface area (Å²) in [5, 5.41) is 9.28. The molecule has 1 aliphatic carbocycles. The number of benzene rings is 3. The van der Waals surface area contributed by atoms with Crippen LogP contribution in [0.15, 0.2) is 89.8 Å². The lowest BCUT2D eigenvalue weighted by Crippen LogP contribution is -2.22. The maximum Gasteiger partial charge on any atom is 0.333 e. The lowest BCUT2D eigenvalue weighted by Gasteiger charge is -2.21. The van der Waals surface area contributed by atoms with Gasteiger partial charge in [-0.05, 0) is 122 Å². The molecule has 45 heavy (non-hydrogen) atoms. The van der Waals surface area contributed by atoms with Gasteiger partial charge in [-0.25, -0.2) is 4.79 Å². The number of aromatic hydroxyl groups is 1. The van der Waals surface area contributed by atoms with Crippen LogP contribution in [0.4, 0.5) is 0 Å². The first-order valence-electron chi connectivity index (χ1n) is 14.8. The van der Waals surface area contributed by atoms with E-state index in [0.29, 0.717) is 24.3 Å². The van der Waals surface area contributed by atoms with Gasteiger partial charge in [0.25, 0.3) is 0 Å². The minimum absolute atomic E-state index is 0.0549. The second kappa shape index (κ2) is 17.4. The number of esters is 2. The van der Waals surface area contributed by atoms with Crippen molar-refractivity contribution in [3.63, 3.8) is 0 Å². The third-order valence-corrected chi connectivity index (χ3v) is 7.71. The normalized spacial score (nSPS) is 12.4. The molecule has 1 fully saturated rings. The third kappa shape index (κ3) is 11.6. The van der Waals surface area contributed by atoms with Crippen LogP contribution < -0.4 is 4.74 Å². The van der Waals surface area contributed by atoms with Crippen molar-refractivity contribution in [2.45, 2.75) is 55.9 Å². The molecule has 0 aliphatic heterocycles. The fourth-order valence-electron chi connectivity index (χ4n) is 4.38. The summed E-state index contributed by atoms with van der Waals surface area (Å²) in [7, 11) is 0. The molecule has 0 amide bonds. The highest BCUT2D eigenvalue weighted by molar-refractivity contribution is 8.14. The predicted octanol–water partition coefficient (Wildman–Crippen LogP) is 6.86. The van der Waals surface area contributed by atoms with Crippen molar-refractivity contribution >= 4 is 28.8 Å². The number of hydrogen-bond acceptors (Lipinski definition) is 8. The average molecular weight is 623 g/mol. The molecule has 7 nitrogen and oxygen atoms in total. The van der Waals surface area contributed by atoms with Crippen LogP contribution in [0.5, 0.6) is 11.5 Å². The zero-order chi connectivity index (χ0) is 31.9. The lowest BCUT2D eigenvalue weighted by atomic mass is 9.98. The van der Waals surface area contributed by atoms with Gasteiger partial charge in [0.1, 0.15) is 17.6 Å². The molecular weight excluding hydrogens is 588 g/mol. The summed E-state index contributed by atoms with van der Waals surface area (Å²) < 4.78 is 16.3. The van der Waals surface area contributed by atoms with Crippen LogP contribution >= 0.6 is 11.8 Å². The quantitative estimate of drug-likeness (QED) is 0.0814. The molecule has 0 heterocycles. The number of thioether (sulfide) groups is 1. The van der Waals surface area contributed by atoms with Crippen molar-refractivity contribution < 1.29 is 33.7 Å². The first-order valence-corrected chi connectivity index (χ1v) is 15.6. The summed E-state index contributed by atoms with van der Waals surface area (Å²) >= 11 is 1.09. The molecule has 0 radical (unpaired) electrons. The Kier molecular flexibility index (Phi) is 12.7. The van der Waals surface area contributed by atoms with Crippen LogP contribution in [0.1, 0.15) is 66.4 Å². The van der Waals surface area contributed by atoms with Gasteiger partial charge in [-0.15, -0.1) is 0 Å². The Bertz CT molecular complexity index is 1600. The first kappa shape index (κ1) is 33.0. The molecule has 0 saturated heterocycles. The van der Waals surface area contributed by atoms with Crippen LogP contribution in [-0.4, -0.2) is 41.5 Å². The highest BCUT2D eigenvalue weighted by Crippen LogP contribution is 2.25. The van der Waals surface area contributed by atoms with E-state index < -0.39 is 11.9 Å². The zero-order valence-electron chi connectivity index (χ0n) is 24.9. The Labute approximate surface area is 268 Å². The molecule has 4 rings (SSSR count). The van der Waals surface area contributed by atoms with E-state index in [0.717, 1.165) is 53.5 Å². The molecule has 1 aliphatic rings. The van der Waals surface area contributed by atoms with Crippen molar-refractivity contribution in [3.8, 4) is 35.2 Å². The molecule has 0 aromatic heterocycles. The second-order valence-corrected chi connectivity index (χ2v) is 11.4. The Hall–Kier alpha value is -4.92. The first-order chi connectivity index (χ1) is 21.9. The molecule has 230 valence electrons.